The van der Waals surface area contributed by atoms with Crippen LogP contribution < -0.4 is 9.80 Å². The third-order valence-corrected chi connectivity index (χ3v) is 4.78. The molecular formula is C22H16N6. The zero-order valence-electron chi connectivity index (χ0n) is 16.0. The second-order valence-corrected chi connectivity index (χ2v) is 6.76. The Morgan fingerprint density at radius 3 is 1.64 bits per heavy atom. The van der Waals surface area contributed by atoms with Crippen molar-refractivity contribution >= 4 is 32.9 Å². The van der Waals surface area contributed by atoms with Gasteiger partial charge in [-0.3, -0.25) is 0 Å². The van der Waals surface area contributed by atoms with Gasteiger partial charge in [-0.2, -0.15) is 21.0 Å². The summed E-state index contributed by atoms with van der Waals surface area (Å²) in [6.45, 7) is 0. The highest BCUT2D eigenvalue weighted by atomic mass is 15.1. The van der Waals surface area contributed by atoms with Gasteiger partial charge in [-0.15, -0.1) is 0 Å². The molecule has 0 saturated carbocycles. The van der Waals surface area contributed by atoms with E-state index in [1.165, 1.54) is 0 Å². The lowest BCUT2D eigenvalue weighted by atomic mass is 9.87. The third-order valence-electron chi connectivity index (χ3n) is 4.78. The molecule has 0 bridgehead atoms. The molecule has 0 saturated heterocycles. The van der Waals surface area contributed by atoms with Gasteiger partial charge in [0.15, 0.2) is 0 Å². The fourth-order valence-electron chi connectivity index (χ4n) is 3.63. The topological polar surface area (TPSA) is 102 Å². The number of anilines is 2. The van der Waals surface area contributed by atoms with Crippen molar-refractivity contribution in [2.24, 2.45) is 0 Å². The van der Waals surface area contributed by atoms with Crippen LogP contribution in [0.2, 0.25) is 0 Å². The Bertz CT molecular complexity index is 1300. The maximum absolute atomic E-state index is 9.88. The number of nitrogens with zero attached hydrogens (tertiary/aromatic N) is 6. The van der Waals surface area contributed by atoms with Crippen molar-refractivity contribution in [2.45, 2.75) is 0 Å². The molecule has 28 heavy (non-hydrogen) atoms. The van der Waals surface area contributed by atoms with E-state index in [4.69, 9.17) is 0 Å². The molecule has 0 aromatic heterocycles. The molecule has 6 heteroatoms. The van der Waals surface area contributed by atoms with E-state index in [-0.39, 0.29) is 22.3 Å². The standard InChI is InChI=1S/C22H16N6/c1-27(2)19-8-6-13-5-7-14-15(9-23)16(10-24)17(11-25)18(12-26)21(14)20(13)22(19)28(3)4/h5-8H,1-4H3. The van der Waals surface area contributed by atoms with Crippen LogP contribution in [0, 0.1) is 45.3 Å². The molecule has 0 aliphatic rings. The van der Waals surface area contributed by atoms with Crippen molar-refractivity contribution in [3.63, 3.8) is 0 Å². The van der Waals surface area contributed by atoms with Crippen LogP contribution >= 0.6 is 0 Å². The van der Waals surface area contributed by atoms with Gasteiger partial charge in [-0.25, -0.2) is 0 Å². The summed E-state index contributed by atoms with van der Waals surface area (Å²) in [5.74, 6) is 0. The van der Waals surface area contributed by atoms with Gasteiger partial charge < -0.3 is 9.80 Å². The smallest absolute Gasteiger partial charge is 0.102 e. The fourth-order valence-corrected chi connectivity index (χ4v) is 3.63. The molecule has 3 aromatic carbocycles. The Hall–Kier alpha value is -4.26. The summed E-state index contributed by atoms with van der Waals surface area (Å²) in [6.07, 6.45) is 0. The number of benzene rings is 3. The van der Waals surface area contributed by atoms with E-state index < -0.39 is 0 Å². The van der Waals surface area contributed by atoms with E-state index in [1.807, 2.05) is 68.3 Å². The minimum Gasteiger partial charge on any atom is -0.376 e. The molecule has 6 nitrogen and oxygen atoms in total. The molecule has 0 heterocycles. The first-order valence-corrected chi connectivity index (χ1v) is 8.45. The van der Waals surface area contributed by atoms with Crippen molar-refractivity contribution < 1.29 is 0 Å². The number of hydrogen-bond donors (Lipinski definition) is 0. The molecular weight excluding hydrogens is 348 g/mol. The Morgan fingerprint density at radius 1 is 0.607 bits per heavy atom. The monoisotopic (exact) mass is 364 g/mol. The summed E-state index contributed by atoms with van der Waals surface area (Å²) in [6, 6.07) is 15.6. The maximum Gasteiger partial charge on any atom is 0.102 e. The summed E-state index contributed by atoms with van der Waals surface area (Å²) < 4.78 is 0. The van der Waals surface area contributed by atoms with Crippen LogP contribution in [0.15, 0.2) is 24.3 Å². The van der Waals surface area contributed by atoms with E-state index >= 15 is 0 Å². The quantitative estimate of drug-likeness (QED) is 0.644. The Balaban J connectivity index is 2.80. The van der Waals surface area contributed by atoms with Crippen molar-refractivity contribution in [3.05, 3.63) is 46.5 Å². The minimum atomic E-state index is -0.0542. The normalized spacial score (nSPS) is 10.0. The molecule has 0 atom stereocenters. The van der Waals surface area contributed by atoms with Crippen LogP contribution in [-0.2, 0) is 0 Å². The number of fused-ring (bicyclic) bond motifs is 3. The molecule has 0 amide bonds. The predicted octanol–water partition coefficient (Wildman–Crippen LogP) is 3.61. The van der Waals surface area contributed by atoms with Crippen molar-refractivity contribution in [2.75, 3.05) is 38.0 Å². The van der Waals surface area contributed by atoms with Gasteiger partial charge in [0, 0.05) is 44.3 Å². The predicted molar refractivity (Wildman–Crippen MR) is 109 cm³/mol. The molecule has 0 aliphatic carbocycles. The molecule has 134 valence electrons. The van der Waals surface area contributed by atoms with Gasteiger partial charge in [0.1, 0.15) is 24.3 Å². The second kappa shape index (κ2) is 6.81. The summed E-state index contributed by atoms with van der Waals surface area (Å²) in [5, 5.41) is 41.5. The molecule has 0 fully saturated rings. The number of hydrogen-bond acceptors (Lipinski definition) is 6. The Labute approximate surface area is 163 Å². The SMILES string of the molecule is CN(C)c1ccc2ccc3c(C#N)c(C#N)c(C#N)c(C#N)c3c2c1N(C)C. The van der Waals surface area contributed by atoms with E-state index in [0.717, 1.165) is 22.1 Å². The van der Waals surface area contributed by atoms with Gasteiger partial charge in [-0.1, -0.05) is 18.2 Å². The Kier molecular flexibility index (Phi) is 4.50. The van der Waals surface area contributed by atoms with Gasteiger partial charge in [0.05, 0.1) is 33.6 Å². The lowest BCUT2D eigenvalue weighted by Crippen LogP contribution is -2.17. The molecule has 0 unspecified atom stereocenters. The second-order valence-electron chi connectivity index (χ2n) is 6.76. The fraction of sp³-hybridized carbons (Fsp3) is 0.182. The lowest BCUT2D eigenvalue weighted by molar-refractivity contribution is 1.08. The third kappa shape index (κ3) is 2.45. The van der Waals surface area contributed by atoms with Crippen LogP contribution in [0.1, 0.15) is 22.3 Å². The largest absolute Gasteiger partial charge is 0.376 e. The molecule has 0 spiro atoms. The van der Waals surface area contributed by atoms with Crippen LogP contribution in [0.25, 0.3) is 21.5 Å². The summed E-state index contributed by atoms with van der Waals surface area (Å²) >= 11 is 0. The zero-order chi connectivity index (χ0) is 20.6. The van der Waals surface area contributed by atoms with Crippen LogP contribution in [0.5, 0.6) is 0 Å². The highest BCUT2D eigenvalue weighted by molar-refractivity contribution is 6.20. The number of rotatable bonds is 2. The van der Waals surface area contributed by atoms with E-state index in [9.17, 15) is 21.0 Å². The molecule has 0 radical (unpaired) electrons. The van der Waals surface area contributed by atoms with E-state index in [0.29, 0.717) is 10.8 Å². The lowest BCUT2D eigenvalue weighted by Gasteiger charge is -2.25. The van der Waals surface area contributed by atoms with Crippen molar-refractivity contribution in [1.29, 1.82) is 21.0 Å². The zero-order valence-corrected chi connectivity index (χ0v) is 16.0. The van der Waals surface area contributed by atoms with Gasteiger partial charge >= 0.3 is 0 Å². The Morgan fingerprint density at radius 2 is 1.14 bits per heavy atom. The van der Waals surface area contributed by atoms with Crippen molar-refractivity contribution in [1.82, 2.24) is 0 Å². The van der Waals surface area contributed by atoms with Crippen LogP contribution in [0.3, 0.4) is 0 Å². The molecule has 0 aliphatic heterocycles. The minimum absolute atomic E-state index is 0.0523. The average molecular weight is 364 g/mol. The van der Waals surface area contributed by atoms with Gasteiger partial charge in [0.25, 0.3) is 0 Å². The highest BCUT2D eigenvalue weighted by Crippen LogP contribution is 2.42. The first kappa shape index (κ1) is 18.5. The maximum atomic E-state index is 9.88. The number of nitriles is 4. The molecule has 0 N–H and O–H groups in total. The molecule has 3 aromatic rings. The summed E-state index contributed by atoms with van der Waals surface area (Å²) in [7, 11) is 7.68. The van der Waals surface area contributed by atoms with Gasteiger partial charge in [0.2, 0.25) is 0 Å². The summed E-state index contributed by atoms with van der Waals surface area (Å²) in [5.41, 5.74) is 1.95. The van der Waals surface area contributed by atoms with Gasteiger partial charge in [-0.05, 0) is 11.5 Å². The van der Waals surface area contributed by atoms with Crippen LogP contribution in [-0.4, -0.2) is 28.2 Å². The van der Waals surface area contributed by atoms with Crippen molar-refractivity contribution in [3.8, 4) is 24.3 Å². The average Bonchev–Trinajstić information content (AvgIpc) is 2.69. The summed E-state index contributed by atoms with van der Waals surface area (Å²) in [4.78, 5) is 3.92. The van der Waals surface area contributed by atoms with E-state index in [2.05, 4.69) is 12.1 Å². The first-order valence-electron chi connectivity index (χ1n) is 8.45. The molecule has 3 rings (SSSR count). The van der Waals surface area contributed by atoms with Crippen LogP contribution in [0.4, 0.5) is 11.4 Å². The van der Waals surface area contributed by atoms with E-state index in [1.54, 1.807) is 6.07 Å². The first-order chi connectivity index (χ1) is 13.4. The highest BCUT2D eigenvalue weighted by Gasteiger charge is 2.23.